The van der Waals surface area contributed by atoms with Crippen LogP contribution in [0.1, 0.15) is 43.5 Å². The minimum atomic E-state index is -0.214. The average molecular weight is 276 g/mol. The van der Waals surface area contributed by atoms with E-state index in [-0.39, 0.29) is 12.1 Å². The fourth-order valence-corrected chi connectivity index (χ4v) is 1.63. The first kappa shape index (κ1) is 15.9. The van der Waals surface area contributed by atoms with Gasteiger partial charge in [-0.3, -0.25) is 4.79 Å². The Bertz CT molecular complexity index is 521. The molecule has 0 fully saturated rings. The number of nitrogens with zero attached hydrogens (tertiary/aromatic N) is 3. The van der Waals surface area contributed by atoms with Crippen LogP contribution in [0.4, 0.5) is 5.82 Å². The Morgan fingerprint density at radius 2 is 2.10 bits per heavy atom. The van der Waals surface area contributed by atoms with Crippen LogP contribution in [0.2, 0.25) is 0 Å². The van der Waals surface area contributed by atoms with Crippen LogP contribution in [0.3, 0.4) is 0 Å². The molecule has 0 bridgehead atoms. The van der Waals surface area contributed by atoms with Crippen molar-refractivity contribution in [2.75, 3.05) is 11.9 Å². The molecule has 0 radical (unpaired) electrons. The highest BCUT2D eigenvalue weighted by atomic mass is 16.5. The number of hydrogen-bond acceptors (Lipinski definition) is 6. The lowest BCUT2D eigenvalue weighted by Gasteiger charge is -2.10. The van der Waals surface area contributed by atoms with Gasteiger partial charge in [0.05, 0.1) is 11.8 Å². The maximum Gasteiger partial charge on any atom is 0.306 e. The molecule has 0 aliphatic rings. The number of ether oxygens (including phenoxy) is 1. The second-order valence-corrected chi connectivity index (χ2v) is 4.81. The third-order valence-electron chi connectivity index (χ3n) is 2.78. The van der Waals surface area contributed by atoms with Gasteiger partial charge in [-0.25, -0.2) is 0 Å². The van der Waals surface area contributed by atoms with Crippen molar-refractivity contribution in [1.29, 1.82) is 5.26 Å². The largest absolute Gasteiger partial charge is 0.463 e. The van der Waals surface area contributed by atoms with Gasteiger partial charge in [-0.05, 0) is 39.7 Å². The fourth-order valence-electron chi connectivity index (χ4n) is 1.63. The summed E-state index contributed by atoms with van der Waals surface area (Å²) in [5.41, 5.74) is 2.07. The number of anilines is 1. The van der Waals surface area contributed by atoms with Crippen molar-refractivity contribution in [3.05, 3.63) is 16.8 Å². The van der Waals surface area contributed by atoms with Crippen molar-refractivity contribution in [2.45, 2.75) is 46.6 Å². The van der Waals surface area contributed by atoms with Gasteiger partial charge in [-0.1, -0.05) is 0 Å². The van der Waals surface area contributed by atoms with Crippen molar-refractivity contribution in [1.82, 2.24) is 10.2 Å². The lowest BCUT2D eigenvalue weighted by molar-refractivity contribution is -0.147. The van der Waals surface area contributed by atoms with Gasteiger partial charge in [0.25, 0.3) is 0 Å². The molecule has 1 aromatic rings. The fraction of sp³-hybridized carbons (Fsp3) is 0.571. The Balaban J connectivity index is 2.49. The highest BCUT2D eigenvalue weighted by Crippen LogP contribution is 2.16. The van der Waals surface area contributed by atoms with Crippen LogP contribution in [0, 0.1) is 25.2 Å². The molecular formula is C14H20N4O2. The first-order chi connectivity index (χ1) is 9.45. The maximum atomic E-state index is 11.4. The van der Waals surface area contributed by atoms with Gasteiger partial charge in [0.2, 0.25) is 0 Å². The molecule has 0 saturated carbocycles. The minimum absolute atomic E-state index is 0.0914. The predicted molar refractivity (Wildman–Crippen MR) is 75.2 cm³/mol. The monoisotopic (exact) mass is 276 g/mol. The van der Waals surface area contributed by atoms with Crippen molar-refractivity contribution in [3.8, 4) is 6.07 Å². The van der Waals surface area contributed by atoms with E-state index in [4.69, 9.17) is 10.00 Å². The van der Waals surface area contributed by atoms with Gasteiger partial charge >= 0.3 is 5.97 Å². The first-order valence-electron chi connectivity index (χ1n) is 6.63. The van der Waals surface area contributed by atoms with Gasteiger partial charge in [-0.15, -0.1) is 5.10 Å². The molecule has 1 N–H and O–H groups in total. The number of aryl methyl sites for hydroxylation is 1. The van der Waals surface area contributed by atoms with E-state index in [2.05, 4.69) is 21.6 Å². The number of hydrogen-bond donors (Lipinski definition) is 1. The van der Waals surface area contributed by atoms with Gasteiger partial charge in [0, 0.05) is 13.0 Å². The number of rotatable bonds is 6. The number of aromatic nitrogens is 2. The summed E-state index contributed by atoms with van der Waals surface area (Å²) in [6, 6.07) is 2.12. The summed E-state index contributed by atoms with van der Waals surface area (Å²) in [6.45, 7) is 7.84. The van der Waals surface area contributed by atoms with Crippen molar-refractivity contribution in [2.24, 2.45) is 0 Å². The number of carbonyl (C=O) groups is 1. The van der Waals surface area contributed by atoms with Crippen molar-refractivity contribution >= 4 is 11.8 Å². The van der Waals surface area contributed by atoms with Crippen LogP contribution in [0.5, 0.6) is 0 Å². The number of nitrogens with one attached hydrogen (secondary N) is 1. The highest BCUT2D eigenvalue weighted by molar-refractivity contribution is 5.69. The molecule has 20 heavy (non-hydrogen) atoms. The number of carbonyl (C=O) groups excluding carboxylic acids is 1. The molecule has 1 aromatic heterocycles. The summed E-state index contributed by atoms with van der Waals surface area (Å²) < 4.78 is 5.04. The number of esters is 1. The molecule has 1 heterocycles. The smallest absolute Gasteiger partial charge is 0.306 e. The van der Waals surface area contributed by atoms with E-state index in [0.717, 1.165) is 11.3 Å². The standard InChI is InChI=1S/C14H20N4O2/c1-9(2)20-13(19)6-5-7-16-14-12(8-15)10(3)11(4)17-18-14/h9H,5-7H2,1-4H3,(H,16,18). The third-order valence-corrected chi connectivity index (χ3v) is 2.78. The Morgan fingerprint density at radius 1 is 1.40 bits per heavy atom. The van der Waals surface area contributed by atoms with E-state index in [9.17, 15) is 4.79 Å². The normalized spacial score (nSPS) is 10.2. The second-order valence-electron chi connectivity index (χ2n) is 4.81. The summed E-state index contributed by atoms with van der Waals surface area (Å²) in [5.74, 6) is 0.251. The average Bonchev–Trinajstić information content (AvgIpc) is 2.38. The SMILES string of the molecule is Cc1nnc(NCCCC(=O)OC(C)C)c(C#N)c1C. The van der Waals surface area contributed by atoms with E-state index in [1.807, 2.05) is 27.7 Å². The van der Waals surface area contributed by atoms with E-state index in [0.29, 0.717) is 30.8 Å². The molecule has 0 spiro atoms. The van der Waals surface area contributed by atoms with Gasteiger partial charge in [0.1, 0.15) is 11.6 Å². The Labute approximate surface area is 119 Å². The molecule has 0 saturated heterocycles. The van der Waals surface area contributed by atoms with Crippen LogP contribution in [-0.4, -0.2) is 28.8 Å². The minimum Gasteiger partial charge on any atom is -0.463 e. The molecule has 0 amide bonds. The topological polar surface area (TPSA) is 87.9 Å². The van der Waals surface area contributed by atoms with Crippen molar-refractivity contribution < 1.29 is 9.53 Å². The van der Waals surface area contributed by atoms with E-state index in [1.54, 1.807) is 0 Å². The molecule has 0 atom stereocenters. The Morgan fingerprint density at radius 3 is 2.70 bits per heavy atom. The van der Waals surface area contributed by atoms with Gasteiger partial charge in [0.15, 0.2) is 5.82 Å². The molecule has 6 nitrogen and oxygen atoms in total. The highest BCUT2D eigenvalue weighted by Gasteiger charge is 2.10. The Kier molecular flexibility index (Phi) is 5.91. The quantitative estimate of drug-likeness (QED) is 0.632. The second kappa shape index (κ2) is 7.43. The zero-order chi connectivity index (χ0) is 15.1. The van der Waals surface area contributed by atoms with Crippen LogP contribution in [0.15, 0.2) is 0 Å². The molecule has 0 aliphatic heterocycles. The van der Waals surface area contributed by atoms with Crippen LogP contribution < -0.4 is 5.32 Å². The summed E-state index contributed by atoms with van der Waals surface area (Å²) in [6.07, 6.45) is 0.863. The van der Waals surface area contributed by atoms with Gasteiger partial charge < -0.3 is 10.1 Å². The summed E-state index contributed by atoms with van der Waals surface area (Å²) >= 11 is 0. The van der Waals surface area contributed by atoms with Crippen LogP contribution in [-0.2, 0) is 9.53 Å². The molecule has 0 aromatic carbocycles. The van der Waals surface area contributed by atoms with Gasteiger partial charge in [-0.2, -0.15) is 10.4 Å². The number of nitriles is 1. The zero-order valence-electron chi connectivity index (χ0n) is 12.4. The van der Waals surface area contributed by atoms with Crippen LogP contribution in [0.25, 0.3) is 0 Å². The summed E-state index contributed by atoms with van der Waals surface area (Å²) in [5, 5.41) is 20.1. The lowest BCUT2D eigenvalue weighted by Crippen LogP contribution is -2.14. The lowest BCUT2D eigenvalue weighted by atomic mass is 10.1. The molecular weight excluding hydrogens is 256 g/mol. The van der Waals surface area contributed by atoms with Crippen molar-refractivity contribution in [3.63, 3.8) is 0 Å². The Hall–Kier alpha value is -2.16. The summed E-state index contributed by atoms with van der Waals surface area (Å²) in [7, 11) is 0. The molecule has 0 aliphatic carbocycles. The van der Waals surface area contributed by atoms with E-state index in [1.165, 1.54) is 0 Å². The predicted octanol–water partition coefficient (Wildman–Crippen LogP) is 2.11. The van der Waals surface area contributed by atoms with Crippen LogP contribution >= 0.6 is 0 Å². The summed E-state index contributed by atoms with van der Waals surface area (Å²) in [4.78, 5) is 11.4. The third kappa shape index (κ3) is 4.50. The zero-order valence-corrected chi connectivity index (χ0v) is 12.4. The molecule has 1 rings (SSSR count). The van der Waals surface area contributed by atoms with E-state index < -0.39 is 0 Å². The maximum absolute atomic E-state index is 11.4. The molecule has 6 heteroatoms. The first-order valence-corrected chi connectivity index (χ1v) is 6.63. The molecule has 0 unspecified atom stereocenters. The molecule has 108 valence electrons. The van der Waals surface area contributed by atoms with E-state index >= 15 is 0 Å².